The van der Waals surface area contributed by atoms with E-state index in [0.717, 1.165) is 17.5 Å². The molecule has 3 heteroatoms. The first-order valence-electron chi connectivity index (χ1n) is 7.31. The number of hydrogen-bond acceptors (Lipinski definition) is 2. The third kappa shape index (κ3) is 4.79. The van der Waals surface area contributed by atoms with Crippen molar-refractivity contribution in [1.82, 2.24) is 10.2 Å². The van der Waals surface area contributed by atoms with E-state index in [1.54, 1.807) is 0 Å². The summed E-state index contributed by atoms with van der Waals surface area (Å²) in [7, 11) is 2.05. The van der Waals surface area contributed by atoms with Gasteiger partial charge in [-0.2, -0.15) is 0 Å². The van der Waals surface area contributed by atoms with Crippen molar-refractivity contribution in [2.24, 2.45) is 5.92 Å². The van der Waals surface area contributed by atoms with Gasteiger partial charge in [-0.25, -0.2) is 0 Å². The summed E-state index contributed by atoms with van der Waals surface area (Å²) in [5.41, 5.74) is 1.33. The molecule has 0 saturated carbocycles. The lowest BCUT2D eigenvalue weighted by Gasteiger charge is -2.34. The molecule has 1 saturated heterocycles. The molecular weight excluding hydrogens is 256 g/mol. The second kappa shape index (κ2) is 7.28. The summed E-state index contributed by atoms with van der Waals surface area (Å²) in [5, 5.41) is 4.19. The zero-order valence-electron chi connectivity index (χ0n) is 12.0. The summed E-state index contributed by atoms with van der Waals surface area (Å²) >= 11 is 6.05. The Morgan fingerprint density at radius 1 is 1.47 bits per heavy atom. The fraction of sp³-hybridized carbons (Fsp3) is 0.625. The number of rotatable bonds is 5. The Morgan fingerprint density at radius 2 is 2.32 bits per heavy atom. The molecule has 1 aliphatic heterocycles. The van der Waals surface area contributed by atoms with Crippen molar-refractivity contribution >= 4 is 11.6 Å². The molecule has 106 valence electrons. The SMILES string of the molecule is CNC(C)CC1CCCN(Cc2cccc(Cl)c2)C1. The molecule has 0 radical (unpaired) electrons. The third-order valence-corrected chi connectivity index (χ3v) is 4.31. The first-order chi connectivity index (χ1) is 9.17. The van der Waals surface area contributed by atoms with Gasteiger partial charge in [-0.05, 0) is 63.4 Å². The van der Waals surface area contributed by atoms with E-state index in [0.29, 0.717) is 6.04 Å². The summed E-state index contributed by atoms with van der Waals surface area (Å²) in [4.78, 5) is 2.57. The van der Waals surface area contributed by atoms with Gasteiger partial charge in [0.15, 0.2) is 0 Å². The first kappa shape index (κ1) is 14.8. The van der Waals surface area contributed by atoms with Gasteiger partial charge < -0.3 is 5.32 Å². The Kier molecular flexibility index (Phi) is 5.68. The molecule has 1 aromatic carbocycles. The number of benzene rings is 1. The molecule has 19 heavy (non-hydrogen) atoms. The van der Waals surface area contributed by atoms with Crippen LogP contribution in [0.2, 0.25) is 5.02 Å². The number of piperidine rings is 1. The second-order valence-electron chi connectivity index (χ2n) is 5.80. The van der Waals surface area contributed by atoms with Crippen LogP contribution in [0.15, 0.2) is 24.3 Å². The van der Waals surface area contributed by atoms with Crippen LogP contribution in [0.25, 0.3) is 0 Å². The van der Waals surface area contributed by atoms with E-state index in [1.165, 1.54) is 37.9 Å². The quantitative estimate of drug-likeness (QED) is 0.887. The van der Waals surface area contributed by atoms with Crippen LogP contribution in [0.4, 0.5) is 0 Å². The molecule has 1 aliphatic rings. The van der Waals surface area contributed by atoms with Gasteiger partial charge >= 0.3 is 0 Å². The van der Waals surface area contributed by atoms with Crippen LogP contribution in [0, 0.1) is 5.92 Å². The van der Waals surface area contributed by atoms with Gasteiger partial charge in [-0.3, -0.25) is 4.90 Å². The molecule has 0 aromatic heterocycles. The maximum absolute atomic E-state index is 6.05. The maximum Gasteiger partial charge on any atom is 0.0409 e. The van der Waals surface area contributed by atoms with Gasteiger partial charge in [0.2, 0.25) is 0 Å². The molecule has 1 fully saturated rings. The smallest absolute Gasteiger partial charge is 0.0409 e. The largest absolute Gasteiger partial charge is 0.317 e. The van der Waals surface area contributed by atoms with Crippen molar-refractivity contribution in [2.45, 2.75) is 38.8 Å². The molecule has 1 heterocycles. The van der Waals surface area contributed by atoms with Crippen molar-refractivity contribution in [1.29, 1.82) is 0 Å². The monoisotopic (exact) mass is 280 g/mol. The number of nitrogens with one attached hydrogen (secondary N) is 1. The van der Waals surface area contributed by atoms with E-state index in [-0.39, 0.29) is 0 Å². The normalized spacial score (nSPS) is 22.4. The van der Waals surface area contributed by atoms with E-state index in [2.05, 4.69) is 36.3 Å². The Morgan fingerprint density at radius 3 is 3.05 bits per heavy atom. The molecular formula is C16H25ClN2. The molecule has 1 aromatic rings. The minimum Gasteiger partial charge on any atom is -0.317 e. The number of nitrogens with zero attached hydrogens (tertiary/aromatic N) is 1. The molecule has 2 atom stereocenters. The Hall–Kier alpha value is -0.570. The van der Waals surface area contributed by atoms with Crippen molar-refractivity contribution in [3.63, 3.8) is 0 Å². The van der Waals surface area contributed by atoms with E-state index in [1.807, 2.05) is 12.1 Å². The predicted octanol–water partition coefficient (Wildman–Crippen LogP) is 3.55. The highest BCUT2D eigenvalue weighted by atomic mass is 35.5. The van der Waals surface area contributed by atoms with Gasteiger partial charge in [0, 0.05) is 24.2 Å². The molecule has 0 amide bonds. The fourth-order valence-corrected chi connectivity index (χ4v) is 3.21. The molecule has 2 unspecified atom stereocenters. The third-order valence-electron chi connectivity index (χ3n) is 4.08. The molecule has 0 spiro atoms. The van der Waals surface area contributed by atoms with Crippen LogP contribution in [-0.4, -0.2) is 31.1 Å². The minimum absolute atomic E-state index is 0.621. The lowest BCUT2D eigenvalue weighted by atomic mass is 9.91. The van der Waals surface area contributed by atoms with Gasteiger partial charge in [0.25, 0.3) is 0 Å². The van der Waals surface area contributed by atoms with Crippen molar-refractivity contribution < 1.29 is 0 Å². The van der Waals surface area contributed by atoms with Crippen molar-refractivity contribution in [3.05, 3.63) is 34.9 Å². The maximum atomic E-state index is 6.05. The van der Waals surface area contributed by atoms with Crippen LogP contribution in [-0.2, 0) is 6.54 Å². The number of halogens is 1. The van der Waals surface area contributed by atoms with E-state index in [9.17, 15) is 0 Å². The van der Waals surface area contributed by atoms with E-state index < -0.39 is 0 Å². The highest BCUT2D eigenvalue weighted by Crippen LogP contribution is 2.23. The highest BCUT2D eigenvalue weighted by Gasteiger charge is 2.21. The zero-order valence-corrected chi connectivity index (χ0v) is 12.8. The van der Waals surface area contributed by atoms with Crippen LogP contribution in [0.5, 0.6) is 0 Å². The van der Waals surface area contributed by atoms with Gasteiger partial charge in [-0.1, -0.05) is 23.7 Å². The Labute approximate surface area is 122 Å². The molecule has 2 rings (SSSR count). The lowest BCUT2D eigenvalue weighted by molar-refractivity contribution is 0.155. The average molecular weight is 281 g/mol. The summed E-state index contributed by atoms with van der Waals surface area (Å²) in [5.74, 6) is 0.829. The summed E-state index contributed by atoms with van der Waals surface area (Å²) in [6.07, 6.45) is 3.97. The van der Waals surface area contributed by atoms with Gasteiger partial charge in [-0.15, -0.1) is 0 Å². The van der Waals surface area contributed by atoms with Crippen LogP contribution in [0.1, 0.15) is 31.7 Å². The average Bonchev–Trinajstić information content (AvgIpc) is 2.39. The standard InChI is InChI=1S/C16H25ClN2/c1-13(18-2)9-14-6-4-8-19(11-14)12-15-5-3-7-16(17)10-15/h3,5,7,10,13-14,18H,4,6,8-9,11-12H2,1-2H3. The Bertz CT molecular complexity index is 394. The topological polar surface area (TPSA) is 15.3 Å². The summed E-state index contributed by atoms with van der Waals surface area (Å²) < 4.78 is 0. The zero-order chi connectivity index (χ0) is 13.7. The number of likely N-dealkylation sites (tertiary alicyclic amines) is 1. The van der Waals surface area contributed by atoms with Gasteiger partial charge in [0.1, 0.15) is 0 Å². The van der Waals surface area contributed by atoms with E-state index >= 15 is 0 Å². The fourth-order valence-electron chi connectivity index (χ4n) is 3.00. The predicted molar refractivity (Wildman–Crippen MR) is 82.6 cm³/mol. The molecule has 0 aliphatic carbocycles. The first-order valence-corrected chi connectivity index (χ1v) is 7.69. The minimum atomic E-state index is 0.621. The van der Waals surface area contributed by atoms with Crippen molar-refractivity contribution in [2.75, 3.05) is 20.1 Å². The highest BCUT2D eigenvalue weighted by molar-refractivity contribution is 6.30. The van der Waals surface area contributed by atoms with Gasteiger partial charge in [0.05, 0.1) is 0 Å². The van der Waals surface area contributed by atoms with E-state index in [4.69, 9.17) is 11.6 Å². The lowest BCUT2D eigenvalue weighted by Crippen LogP contribution is -2.37. The molecule has 0 bridgehead atoms. The number of hydrogen-bond donors (Lipinski definition) is 1. The molecule has 1 N–H and O–H groups in total. The second-order valence-corrected chi connectivity index (χ2v) is 6.24. The van der Waals surface area contributed by atoms with Crippen LogP contribution in [0.3, 0.4) is 0 Å². The van der Waals surface area contributed by atoms with Crippen LogP contribution < -0.4 is 5.32 Å². The molecule has 2 nitrogen and oxygen atoms in total. The van der Waals surface area contributed by atoms with Crippen molar-refractivity contribution in [3.8, 4) is 0 Å². The summed E-state index contributed by atoms with van der Waals surface area (Å²) in [6, 6.07) is 8.87. The van der Waals surface area contributed by atoms with Crippen LogP contribution >= 0.6 is 11.6 Å². The Balaban J connectivity index is 1.87. The summed E-state index contributed by atoms with van der Waals surface area (Å²) in [6.45, 7) is 5.75.